The van der Waals surface area contributed by atoms with Crippen molar-refractivity contribution in [2.24, 2.45) is 0 Å². The average Bonchev–Trinajstić information content (AvgIpc) is 0.760. The van der Waals surface area contributed by atoms with Gasteiger partial charge in [-0.3, -0.25) is 36.7 Å². The number of rotatable bonds is 58. The molecule has 4 unspecified atom stereocenters. The Morgan fingerprint density at radius 1 is 0.364 bits per heavy atom. The summed E-state index contributed by atoms with van der Waals surface area (Å²) in [6, 6.07) is -3.89. The fourth-order valence-electron chi connectivity index (χ4n) is 13.0. The largest absolute Gasteiger partial charge is 0.483 e. The van der Waals surface area contributed by atoms with E-state index in [0.29, 0.717) is 12.8 Å². The lowest BCUT2D eigenvalue weighted by Gasteiger charge is -2.48. The number of nitrogens with one attached hydrogen (secondary N) is 2. The summed E-state index contributed by atoms with van der Waals surface area (Å²) in [4.78, 5) is 67.2. The second kappa shape index (κ2) is 57.7. The monoisotopic (exact) mass is 1800 g/mol. The van der Waals surface area contributed by atoms with Gasteiger partial charge in [0.15, 0.2) is 18.9 Å². The van der Waals surface area contributed by atoms with Crippen molar-refractivity contribution in [1.82, 2.24) is 10.6 Å². The molecule has 0 radical (unpaired) electrons. The van der Waals surface area contributed by atoms with E-state index in [0.717, 1.165) is 135 Å². The van der Waals surface area contributed by atoms with Gasteiger partial charge < -0.3 is 105 Å². The minimum atomic E-state index is -5.81. The molecule has 2 amide bonds. The van der Waals surface area contributed by atoms with E-state index in [1.54, 1.807) is 6.92 Å². The number of carbonyl (C=O) groups is 2. The van der Waals surface area contributed by atoms with Crippen LogP contribution in [0.25, 0.3) is 0 Å². The normalized spacial score (nSPS) is 27.5. The molecule has 696 valence electrons. The highest BCUT2D eigenvalue weighted by Gasteiger charge is 2.55. The number of aliphatic hydroxyl groups is 10. The second-order valence-electron chi connectivity index (χ2n) is 31.8. The van der Waals surface area contributed by atoms with Gasteiger partial charge in [0.25, 0.3) is 0 Å². The third-order valence-corrected chi connectivity index (χ3v) is 24.7. The number of hydrogen-bond donors (Lipinski definition) is 16. The number of ether oxygens (including phenoxy) is 5. The maximum atomic E-state index is 13.4. The van der Waals surface area contributed by atoms with Crippen LogP contribution in [0.2, 0.25) is 0 Å². The highest BCUT2D eigenvalue weighted by molar-refractivity contribution is 7.61. The number of aliphatic hydroxyl groups excluding tert-OH is 10. The first-order valence-corrected chi connectivity index (χ1v) is 47.3. The van der Waals surface area contributed by atoms with Crippen molar-refractivity contribution in [2.75, 3.05) is 52.9 Å². The Bertz CT molecular complexity index is 3700. The molecule has 121 heavy (non-hydrogen) atoms. The van der Waals surface area contributed by atoms with Gasteiger partial charge in [-0.15, -0.1) is 0 Å². The Kier molecular flexibility index (Phi) is 53.0. The quantitative estimate of drug-likeness (QED) is 0.0199. The van der Waals surface area contributed by atoms with Crippen molar-refractivity contribution in [2.45, 2.75) is 330 Å². The minimum Gasteiger partial charge on any atom is -0.394 e. The summed E-state index contributed by atoms with van der Waals surface area (Å²) >= 11 is 0. The predicted molar refractivity (Wildman–Crippen MR) is 455 cm³/mol. The van der Waals surface area contributed by atoms with Crippen molar-refractivity contribution in [3.05, 3.63) is 128 Å². The predicted octanol–water partition coefficient (Wildman–Crippen LogP) is 11.2. The zero-order chi connectivity index (χ0) is 90.8. The average molecular weight is 1800 g/mol. The van der Waals surface area contributed by atoms with Crippen molar-refractivity contribution in [3.63, 3.8) is 0 Å². The number of allylic oxidation sites excluding steroid dienone is 21. The summed E-state index contributed by atoms with van der Waals surface area (Å²) in [6.07, 6.45) is 16.1. The molecule has 16 N–H and O–H groups in total. The van der Waals surface area contributed by atoms with Gasteiger partial charge in [-0.1, -0.05) is 128 Å². The van der Waals surface area contributed by atoms with Gasteiger partial charge in [-0.2, -0.15) is 4.31 Å². The molecule has 3 aliphatic heterocycles. The first-order chi connectivity index (χ1) is 56.8. The Labute approximate surface area is 714 Å². The summed E-state index contributed by atoms with van der Waals surface area (Å²) in [5.41, 5.74) is 14.8. The topological polar surface area (TPSA) is 520 Å². The first-order valence-electron chi connectivity index (χ1n) is 41.3. The molecular weight excluding hydrogens is 1660 g/mol. The minimum absolute atomic E-state index is 0.536. The van der Waals surface area contributed by atoms with Gasteiger partial charge in [-0.25, -0.2) is 18.3 Å². The lowest BCUT2D eigenvalue weighted by Crippen LogP contribution is -2.69. The molecule has 0 aromatic rings. The van der Waals surface area contributed by atoms with E-state index in [2.05, 4.69) is 149 Å². The maximum Gasteiger partial charge on any atom is 0.483 e. The van der Waals surface area contributed by atoms with Crippen LogP contribution in [0.3, 0.4) is 0 Å². The van der Waals surface area contributed by atoms with E-state index in [1.807, 2.05) is 6.92 Å². The van der Waals surface area contributed by atoms with Crippen molar-refractivity contribution >= 4 is 43.1 Å². The fourth-order valence-corrected chi connectivity index (χ4v) is 16.9. The first kappa shape index (κ1) is 111. The highest BCUT2D eigenvalue weighted by atomic mass is 31.3. The molecular formula is C83H142N2O32P4. The van der Waals surface area contributed by atoms with Crippen LogP contribution >= 0.6 is 31.3 Å². The van der Waals surface area contributed by atoms with E-state index >= 15 is 0 Å². The van der Waals surface area contributed by atoms with Crippen LogP contribution in [0.4, 0.5) is 0 Å². The molecule has 34 nitrogen and oxygen atoms in total. The Hall–Kier alpha value is -4.04. The smallest absolute Gasteiger partial charge is 0.394 e. The number of hydrogen-bond acceptors (Lipinski definition) is 28. The molecule has 3 saturated heterocycles. The number of phosphoric acid groups is 4. The van der Waals surface area contributed by atoms with Gasteiger partial charge >= 0.3 is 31.3 Å². The van der Waals surface area contributed by atoms with Gasteiger partial charge in [0.2, 0.25) is 11.8 Å². The molecule has 0 aromatic carbocycles. The molecule has 0 spiro atoms. The van der Waals surface area contributed by atoms with Crippen LogP contribution in [0.1, 0.15) is 225 Å². The van der Waals surface area contributed by atoms with Gasteiger partial charge in [-0.05, 0) is 212 Å². The Morgan fingerprint density at radius 3 is 1.07 bits per heavy atom. The fraction of sp³-hybridized carbons (Fsp3) is 0.711. The van der Waals surface area contributed by atoms with Crippen LogP contribution < -0.4 is 10.6 Å². The van der Waals surface area contributed by atoms with Gasteiger partial charge in [0.05, 0.1) is 52.9 Å². The van der Waals surface area contributed by atoms with Crippen molar-refractivity contribution in [3.8, 4) is 0 Å². The molecule has 0 saturated carbocycles. The van der Waals surface area contributed by atoms with Crippen LogP contribution in [0.15, 0.2) is 128 Å². The van der Waals surface area contributed by atoms with Gasteiger partial charge in [0.1, 0.15) is 85.3 Å². The standard InChI is InChI=1S/C83H142N2O32P4/c1-54(2)25-15-26-55(3)27-16-28-56(4)29-17-30-57(5)31-18-32-58(6)33-19-34-59(7)35-20-36-60(8)37-21-38-61(9)39-22-40-62(10)41-23-42-63(11)43-24-44-64(12)45-46-106-120(102,103)117-121(104,105)116-82-73(85-66(14)91)75(94)79(70(49-88)113-82)114-81-72(84-65(13)90)76(95)80(71(50-89)112-81)115-119(100,101)108-52-67(92)51-107-118(98,99)109-53-68(47-86)110-83-78(97)77(96)74(93)69(48-87)111-83/h25,27,29,31,33,35,37,39,41,43,45,67-83,86-89,92-97H,15-24,26,28,30,32,34,36,38,40,42,44,46-53H2,1-14H3,(H,84,90)(H,85,91)(H,98,99)(H,100,101)(H,102,103)(H,104,105)/b55-27+,56-29+,57-31-,58-33-,59-35-,60-37-,61-39-,62-41-,63-43-,64-45-/t67-,68-,69-,70-,71-,72-,73-,74-,75-,76-,77+,78-,79-,80-,81+,82-,83+/m1/s1. The number of carbonyl (C=O) groups excluding carboxylic acids is 2. The van der Waals surface area contributed by atoms with E-state index < -0.39 is 200 Å². The van der Waals surface area contributed by atoms with E-state index in [1.165, 1.54) is 61.8 Å². The van der Waals surface area contributed by atoms with E-state index in [4.69, 9.17) is 46.3 Å². The highest BCUT2D eigenvalue weighted by Crippen LogP contribution is 2.61. The summed E-state index contributed by atoms with van der Waals surface area (Å²) in [7, 11) is -22.0. The van der Waals surface area contributed by atoms with E-state index in [9.17, 15) is 98.5 Å². The van der Waals surface area contributed by atoms with Crippen LogP contribution in [-0.4, -0.2) is 240 Å². The van der Waals surface area contributed by atoms with E-state index in [-0.39, 0.29) is 0 Å². The second-order valence-corrected chi connectivity index (χ2v) is 37.6. The summed E-state index contributed by atoms with van der Waals surface area (Å²) in [6.45, 7) is 19.8. The Balaban J connectivity index is 1.42. The molecule has 21 atom stereocenters. The lowest BCUT2D eigenvalue weighted by molar-refractivity contribution is -0.324. The SMILES string of the molecule is CC(=O)N[C@H]1[C@@H](OP(=O)(O)OP(=O)(O)OC/C=C(/C)CC/C=C(/C)CC/C=C(/C)CC/C=C(/C)CC/C=C(/C)CC/C=C(/C)CC/C=C(/C)CC/C=C(/C)CC/C=C(\C)CC/C=C(\C)CCC=C(C)C)O[C@H](CO)[C@@H](O[C@@H]2O[C@H](CO)[C@@H](OP(=O)(O)OC[C@H](O)COP(=O)(O)OC[C@@H](CO)O[C@H]3O[C@H](CO)[C@@H](O)[C@H](O)[C@H]3O)[C@H](O)[C@H]2NC(C)=O)[C@@H]1O. The molecule has 0 aromatic heterocycles. The van der Waals surface area contributed by atoms with Gasteiger partial charge in [0, 0.05) is 13.8 Å². The molecule has 3 aliphatic rings. The zero-order valence-electron chi connectivity index (χ0n) is 72.9. The third kappa shape index (κ3) is 46.0. The molecule has 38 heteroatoms. The summed E-state index contributed by atoms with van der Waals surface area (Å²) in [5.74, 6) is -1.87. The van der Waals surface area contributed by atoms with Crippen molar-refractivity contribution < 1.29 is 154 Å². The molecule has 0 bridgehead atoms. The third-order valence-electron chi connectivity index (χ3n) is 20.1. The summed E-state index contributed by atoms with van der Waals surface area (Å²) in [5, 5.41) is 108. The lowest BCUT2D eigenvalue weighted by atomic mass is 9.94. The molecule has 0 aliphatic carbocycles. The molecule has 3 heterocycles. The van der Waals surface area contributed by atoms with Crippen LogP contribution in [0, 0.1) is 0 Å². The van der Waals surface area contributed by atoms with Crippen LogP contribution in [-0.2, 0) is 83.0 Å². The van der Waals surface area contributed by atoms with Crippen LogP contribution in [0.5, 0.6) is 0 Å². The maximum absolute atomic E-state index is 13.4. The molecule has 3 rings (SSSR count). The molecule has 3 fully saturated rings. The van der Waals surface area contributed by atoms with Crippen molar-refractivity contribution in [1.29, 1.82) is 0 Å². The Morgan fingerprint density at radius 2 is 0.694 bits per heavy atom. The number of amides is 2. The summed E-state index contributed by atoms with van der Waals surface area (Å²) < 4.78 is 114. The zero-order valence-corrected chi connectivity index (χ0v) is 76.4. The number of phosphoric ester groups is 4.